The van der Waals surface area contributed by atoms with Crippen LogP contribution in [0, 0.1) is 11.3 Å². The summed E-state index contributed by atoms with van der Waals surface area (Å²) in [6.07, 6.45) is 1.71. The number of hydrogen-bond acceptors (Lipinski definition) is 4. The lowest BCUT2D eigenvalue weighted by molar-refractivity contribution is 0.355. The van der Waals surface area contributed by atoms with E-state index < -0.39 is 0 Å². The van der Waals surface area contributed by atoms with Gasteiger partial charge < -0.3 is 14.6 Å². The minimum Gasteiger partial charge on any atom is -0.508 e. The van der Waals surface area contributed by atoms with Crippen LogP contribution in [-0.2, 0) is 0 Å². The van der Waals surface area contributed by atoms with Crippen LogP contribution in [0.2, 0.25) is 0 Å². The molecule has 2 aromatic rings. The van der Waals surface area contributed by atoms with Gasteiger partial charge in [0.05, 0.1) is 25.9 Å². The highest BCUT2D eigenvalue weighted by atomic mass is 16.5. The molecule has 0 aromatic heterocycles. The van der Waals surface area contributed by atoms with Crippen molar-refractivity contribution in [2.75, 3.05) is 14.2 Å². The van der Waals surface area contributed by atoms with Crippen LogP contribution in [0.4, 0.5) is 0 Å². The molecule has 0 saturated carbocycles. The molecule has 0 unspecified atom stereocenters. The maximum absolute atomic E-state index is 9.47. The van der Waals surface area contributed by atoms with Crippen LogP contribution in [0.15, 0.2) is 42.5 Å². The zero-order chi connectivity index (χ0) is 15.2. The minimum atomic E-state index is 0.161. The molecule has 21 heavy (non-hydrogen) atoms. The quantitative estimate of drug-likeness (QED) is 0.688. The molecule has 0 fully saturated rings. The van der Waals surface area contributed by atoms with Crippen molar-refractivity contribution in [3.63, 3.8) is 0 Å². The lowest BCUT2D eigenvalue weighted by atomic mass is 10.0. The molecular weight excluding hydrogens is 266 g/mol. The predicted octanol–water partition coefficient (Wildman–Crippen LogP) is 3.47. The van der Waals surface area contributed by atoms with Gasteiger partial charge in [0.15, 0.2) is 11.5 Å². The number of rotatable bonds is 4. The van der Waals surface area contributed by atoms with Crippen molar-refractivity contribution in [1.82, 2.24) is 0 Å². The van der Waals surface area contributed by atoms with Gasteiger partial charge in [0, 0.05) is 0 Å². The summed E-state index contributed by atoms with van der Waals surface area (Å²) in [7, 11) is 3.11. The van der Waals surface area contributed by atoms with Crippen LogP contribution in [0.3, 0.4) is 0 Å². The van der Waals surface area contributed by atoms with Crippen molar-refractivity contribution in [1.29, 1.82) is 5.26 Å². The highest BCUT2D eigenvalue weighted by Gasteiger charge is 2.08. The SMILES string of the molecule is COc1ccc(C(C#N)=Cc2cccc(O)c2)cc1OC. The van der Waals surface area contributed by atoms with Gasteiger partial charge in [-0.25, -0.2) is 0 Å². The number of nitriles is 1. The third-order valence-corrected chi connectivity index (χ3v) is 3.00. The molecule has 4 nitrogen and oxygen atoms in total. The fraction of sp³-hybridized carbons (Fsp3) is 0.118. The molecule has 0 aliphatic heterocycles. The lowest BCUT2D eigenvalue weighted by Gasteiger charge is -2.09. The molecular formula is C17H15NO3. The number of methoxy groups -OCH3 is 2. The van der Waals surface area contributed by atoms with Crippen LogP contribution >= 0.6 is 0 Å². The first-order chi connectivity index (χ1) is 10.2. The number of hydrogen-bond donors (Lipinski definition) is 1. The highest BCUT2D eigenvalue weighted by molar-refractivity contribution is 5.90. The molecule has 4 heteroatoms. The molecule has 2 aromatic carbocycles. The normalized spacial score (nSPS) is 10.8. The van der Waals surface area contributed by atoms with Crippen molar-refractivity contribution in [2.24, 2.45) is 0 Å². The van der Waals surface area contributed by atoms with Gasteiger partial charge in [-0.15, -0.1) is 0 Å². The summed E-state index contributed by atoms with van der Waals surface area (Å²) < 4.78 is 10.4. The summed E-state index contributed by atoms with van der Waals surface area (Å²) >= 11 is 0. The molecule has 0 atom stereocenters. The summed E-state index contributed by atoms with van der Waals surface area (Å²) in [6.45, 7) is 0. The average molecular weight is 281 g/mol. The van der Waals surface area contributed by atoms with Gasteiger partial charge in [-0.2, -0.15) is 5.26 Å². The van der Waals surface area contributed by atoms with Crippen LogP contribution in [0.25, 0.3) is 11.6 Å². The van der Waals surface area contributed by atoms with E-state index in [2.05, 4.69) is 6.07 Å². The second-order valence-electron chi connectivity index (χ2n) is 4.33. The van der Waals surface area contributed by atoms with E-state index in [4.69, 9.17) is 9.47 Å². The summed E-state index contributed by atoms with van der Waals surface area (Å²) in [5.74, 6) is 1.33. The number of allylic oxidation sites excluding steroid dienone is 1. The Balaban J connectivity index is 2.45. The Morgan fingerprint density at radius 1 is 1.10 bits per heavy atom. The third kappa shape index (κ3) is 3.34. The van der Waals surface area contributed by atoms with Gasteiger partial charge in [0.1, 0.15) is 5.75 Å². The van der Waals surface area contributed by atoms with Gasteiger partial charge in [-0.1, -0.05) is 12.1 Å². The zero-order valence-electron chi connectivity index (χ0n) is 11.8. The summed E-state index contributed by atoms with van der Waals surface area (Å²) in [5, 5.41) is 18.8. The molecule has 106 valence electrons. The van der Waals surface area contributed by atoms with Gasteiger partial charge in [-0.05, 0) is 47.5 Å². The summed E-state index contributed by atoms with van der Waals surface area (Å²) in [4.78, 5) is 0. The Labute approximate surface area is 123 Å². The molecule has 0 amide bonds. The third-order valence-electron chi connectivity index (χ3n) is 3.00. The smallest absolute Gasteiger partial charge is 0.161 e. The van der Waals surface area contributed by atoms with Crippen molar-refractivity contribution >= 4 is 11.6 Å². The predicted molar refractivity (Wildman–Crippen MR) is 81.1 cm³/mol. The van der Waals surface area contributed by atoms with Crippen molar-refractivity contribution in [2.45, 2.75) is 0 Å². The Morgan fingerprint density at radius 2 is 1.86 bits per heavy atom. The summed E-state index contributed by atoms with van der Waals surface area (Å²) in [5.41, 5.74) is 1.95. The van der Waals surface area contributed by atoms with Crippen LogP contribution < -0.4 is 9.47 Å². The van der Waals surface area contributed by atoms with Crippen LogP contribution in [0.1, 0.15) is 11.1 Å². The number of benzene rings is 2. The topological polar surface area (TPSA) is 62.5 Å². The fourth-order valence-corrected chi connectivity index (χ4v) is 1.97. The molecule has 2 rings (SSSR count). The van der Waals surface area contributed by atoms with E-state index in [0.717, 1.165) is 11.1 Å². The Bertz CT molecular complexity index is 714. The van der Waals surface area contributed by atoms with Crippen LogP contribution in [0.5, 0.6) is 17.2 Å². The van der Waals surface area contributed by atoms with E-state index in [9.17, 15) is 10.4 Å². The number of aromatic hydroxyl groups is 1. The Hall–Kier alpha value is -2.93. The monoisotopic (exact) mass is 281 g/mol. The molecule has 0 spiro atoms. The van der Waals surface area contributed by atoms with Crippen LogP contribution in [-0.4, -0.2) is 19.3 Å². The second kappa shape index (κ2) is 6.49. The zero-order valence-corrected chi connectivity index (χ0v) is 11.8. The molecule has 0 saturated heterocycles. The maximum Gasteiger partial charge on any atom is 0.161 e. The fourth-order valence-electron chi connectivity index (χ4n) is 1.97. The standard InChI is InChI=1S/C17H15NO3/c1-20-16-7-6-13(10-17(16)21-2)14(11-18)8-12-4-3-5-15(19)9-12/h3-10,19H,1-2H3. The Kier molecular flexibility index (Phi) is 4.47. The molecule has 0 radical (unpaired) electrons. The largest absolute Gasteiger partial charge is 0.508 e. The van der Waals surface area contributed by atoms with E-state index in [1.807, 2.05) is 6.07 Å². The maximum atomic E-state index is 9.47. The molecule has 0 heterocycles. The van der Waals surface area contributed by atoms with E-state index >= 15 is 0 Å². The second-order valence-corrected chi connectivity index (χ2v) is 4.33. The van der Waals surface area contributed by atoms with Crippen molar-refractivity contribution < 1.29 is 14.6 Å². The number of phenolic OH excluding ortho intramolecular Hbond substituents is 1. The van der Waals surface area contributed by atoms with Crippen molar-refractivity contribution in [3.05, 3.63) is 53.6 Å². The minimum absolute atomic E-state index is 0.161. The highest BCUT2D eigenvalue weighted by Crippen LogP contribution is 2.31. The summed E-state index contributed by atoms with van der Waals surface area (Å²) in [6, 6.07) is 14.2. The van der Waals surface area contributed by atoms with Gasteiger partial charge in [-0.3, -0.25) is 0 Å². The number of ether oxygens (including phenoxy) is 2. The molecule has 0 bridgehead atoms. The average Bonchev–Trinajstić information content (AvgIpc) is 2.52. The van der Waals surface area contributed by atoms with Gasteiger partial charge in [0.2, 0.25) is 0 Å². The molecule has 1 N–H and O–H groups in total. The van der Waals surface area contributed by atoms with E-state index in [1.165, 1.54) is 0 Å². The Morgan fingerprint density at radius 3 is 2.48 bits per heavy atom. The first-order valence-corrected chi connectivity index (χ1v) is 6.31. The van der Waals surface area contributed by atoms with Gasteiger partial charge >= 0.3 is 0 Å². The number of nitrogens with zero attached hydrogens (tertiary/aromatic N) is 1. The van der Waals surface area contributed by atoms with E-state index in [0.29, 0.717) is 17.1 Å². The van der Waals surface area contributed by atoms with E-state index in [1.54, 1.807) is 56.7 Å². The lowest BCUT2D eigenvalue weighted by Crippen LogP contribution is -1.92. The number of phenols is 1. The first kappa shape index (κ1) is 14.5. The van der Waals surface area contributed by atoms with Gasteiger partial charge in [0.25, 0.3) is 0 Å². The molecule has 0 aliphatic carbocycles. The first-order valence-electron chi connectivity index (χ1n) is 6.31. The molecule has 0 aliphatic rings. The van der Waals surface area contributed by atoms with E-state index in [-0.39, 0.29) is 5.75 Å². The van der Waals surface area contributed by atoms with Crippen molar-refractivity contribution in [3.8, 4) is 23.3 Å².